The standard InChI is InChI=1S/C17H16N2O3S/c1-11-6-5-7-12(10-11)15(20)19-17(23)18-14-9-4-3-8-13(14)16(21)22-2/h3-10H,1-2H3,(H2,18,19,20,23). The van der Waals surface area contributed by atoms with Crippen molar-refractivity contribution in [3.8, 4) is 0 Å². The number of hydrogen-bond donors (Lipinski definition) is 2. The molecule has 0 atom stereocenters. The van der Waals surface area contributed by atoms with Crippen LogP contribution in [0.25, 0.3) is 0 Å². The fraction of sp³-hybridized carbons (Fsp3) is 0.118. The second kappa shape index (κ2) is 7.51. The van der Waals surface area contributed by atoms with E-state index in [4.69, 9.17) is 17.0 Å². The highest BCUT2D eigenvalue weighted by molar-refractivity contribution is 7.80. The first kappa shape index (κ1) is 16.6. The molecule has 6 heteroatoms. The number of amides is 1. The van der Waals surface area contributed by atoms with Gasteiger partial charge in [0.25, 0.3) is 5.91 Å². The zero-order valence-electron chi connectivity index (χ0n) is 12.8. The van der Waals surface area contributed by atoms with Crippen LogP contribution in [0.3, 0.4) is 0 Å². The zero-order valence-corrected chi connectivity index (χ0v) is 13.6. The number of benzene rings is 2. The van der Waals surface area contributed by atoms with Crippen molar-refractivity contribution in [2.45, 2.75) is 6.92 Å². The Labute approximate surface area is 139 Å². The molecule has 0 aromatic heterocycles. The molecule has 0 unspecified atom stereocenters. The molecular weight excluding hydrogens is 312 g/mol. The molecule has 0 aliphatic rings. The number of carbonyl (C=O) groups is 2. The van der Waals surface area contributed by atoms with Crippen LogP contribution < -0.4 is 10.6 Å². The number of rotatable bonds is 3. The van der Waals surface area contributed by atoms with Gasteiger partial charge < -0.3 is 10.1 Å². The van der Waals surface area contributed by atoms with E-state index < -0.39 is 5.97 Å². The second-order valence-corrected chi connectivity index (χ2v) is 5.22. The van der Waals surface area contributed by atoms with Crippen molar-refractivity contribution in [1.82, 2.24) is 5.32 Å². The molecule has 118 valence electrons. The van der Waals surface area contributed by atoms with Crippen LogP contribution in [0.1, 0.15) is 26.3 Å². The molecule has 2 N–H and O–H groups in total. The summed E-state index contributed by atoms with van der Waals surface area (Å²) >= 11 is 5.13. The highest BCUT2D eigenvalue weighted by atomic mass is 32.1. The maximum atomic E-state index is 12.1. The molecule has 2 aromatic rings. The average molecular weight is 328 g/mol. The van der Waals surface area contributed by atoms with Gasteiger partial charge in [-0.1, -0.05) is 29.8 Å². The quantitative estimate of drug-likeness (QED) is 0.670. The number of para-hydroxylation sites is 1. The predicted octanol–water partition coefficient (Wildman–Crippen LogP) is 2.91. The van der Waals surface area contributed by atoms with Crippen LogP contribution in [0.5, 0.6) is 0 Å². The molecule has 5 nitrogen and oxygen atoms in total. The van der Waals surface area contributed by atoms with E-state index in [0.29, 0.717) is 16.8 Å². The fourth-order valence-electron chi connectivity index (χ4n) is 2.00. The first-order chi connectivity index (χ1) is 11.0. The van der Waals surface area contributed by atoms with E-state index in [1.54, 1.807) is 42.5 Å². The lowest BCUT2D eigenvalue weighted by atomic mass is 10.1. The van der Waals surface area contributed by atoms with Gasteiger partial charge in [0.15, 0.2) is 5.11 Å². The molecule has 0 saturated heterocycles. The summed E-state index contributed by atoms with van der Waals surface area (Å²) in [7, 11) is 1.30. The summed E-state index contributed by atoms with van der Waals surface area (Å²) in [4.78, 5) is 23.8. The van der Waals surface area contributed by atoms with Crippen LogP contribution in [-0.4, -0.2) is 24.1 Å². The summed E-state index contributed by atoms with van der Waals surface area (Å²) in [5.74, 6) is -0.803. The number of aryl methyl sites for hydroxylation is 1. The van der Waals surface area contributed by atoms with Crippen molar-refractivity contribution in [1.29, 1.82) is 0 Å². The Bertz CT molecular complexity index is 759. The third-order valence-corrected chi connectivity index (χ3v) is 3.29. The van der Waals surface area contributed by atoms with E-state index in [9.17, 15) is 9.59 Å². The number of anilines is 1. The van der Waals surface area contributed by atoms with E-state index in [1.165, 1.54) is 7.11 Å². The first-order valence-corrected chi connectivity index (χ1v) is 7.28. The molecule has 2 rings (SSSR count). The van der Waals surface area contributed by atoms with Crippen LogP contribution in [-0.2, 0) is 4.74 Å². The second-order valence-electron chi connectivity index (χ2n) is 4.81. The van der Waals surface area contributed by atoms with Crippen LogP contribution in [0, 0.1) is 6.92 Å². The van der Waals surface area contributed by atoms with Crippen LogP contribution in [0.4, 0.5) is 5.69 Å². The number of methoxy groups -OCH3 is 1. The number of thiocarbonyl (C=S) groups is 1. The molecule has 0 fully saturated rings. The summed E-state index contributed by atoms with van der Waals surface area (Å²) in [6.45, 7) is 1.90. The van der Waals surface area contributed by atoms with Gasteiger partial charge >= 0.3 is 5.97 Å². The van der Waals surface area contributed by atoms with E-state index in [0.717, 1.165) is 5.56 Å². The van der Waals surface area contributed by atoms with Gasteiger partial charge in [0.05, 0.1) is 18.4 Å². The molecule has 0 bridgehead atoms. The van der Waals surface area contributed by atoms with Crippen molar-refractivity contribution in [3.63, 3.8) is 0 Å². The summed E-state index contributed by atoms with van der Waals surface area (Å²) < 4.78 is 4.71. The molecule has 2 aromatic carbocycles. The van der Waals surface area contributed by atoms with Crippen molar-refractivity contribution < 1.29 is 14.3 Å². The topological polar surface area (TPSA) is 67.4 Å². The molecule has 1 amide bonds. The summed E-state index contributed by atoms with van der Waals surface area (Å²) in [6, 6.07) is 13.9. The van der Waals surface area contributed by atoms with Gasteiger partial charge in [0.2, 0.25) is 0 Å². The minimum Gasteiger partial charge on any atom is -0.465 e. The van der Waals surface area contributed by atoms with Gasteiger partial charge in [-0.25, -0.2) is 4.79 Å². The minimum atomic E-state index is -0.485. The molecule has 0 heterocycles. The molecule has 0 radical (unpaired) electrons. The van der Waals surface area contributed by atoms with Crippen LogP contribution in [0.2, 0.25) is 0 Å². The van der Waals surface area contributed by atoms with E-state index in [-0.39, 0.29) is 11.0 Å². The molecule has 0 spiro atoms. The lowest BCUT2D eigenvalue weighted by Crippen LogP contribution is -2.34. The van der Waals surface area contributed by atoms with Gasteiger partial charge in [-0.3, -0.25) is 10.1 Å². The largest absolute Gasteiger partial charge is 0.465 e. The maximum Gasteiger partial charge on any atom is 0.339 e. The fourth-order valence-corrected chi connectivity index (χ4v) is 2.20. The van der Waals surface area contributed by atoms with Gasteiger partial charge in [-0.2, -0.15) is 0 Å². The van der Waals surface area contributed by atoms with Crippen molar-refractivity contribution in [2.24, 2.45) is 0 Å². The highest BCUT2D eigenvalue weighted by Gasteiger charge is 2.13. The molecule has 0 aliphatic carbocycles. The monoisotopic (exact) mass is 328 g/mol. The average Bonchev–Trinajstić information content (AvgIpc) is 2.54. The zero-order chi connectivity index (χ0) is 16.8. The van der Waals surface area contributed by atoms with Gasteiger partial charge in [-0.15, -0.1) is 0 Å². The first-order valence-electron chi connectivity index (χ1n) is 6.87. The van der Waals surface area contributed by atoms with Gasteiger partial charge in [0.1, 0.15) is 0 Å². The Kier molecular flexibility index (Phi) is 5.43. The molecular formula is C17H16N2O3S. The van der Waals surface area contributed by atoms with Gasteiger partial charge in [-0.05, 0) is 43.4 Å². The molecule has 23 heavy (non-hydrogen) atoms. The number of hydrogen-bond acceptors (Lipinski definition) is 4. The van der Waals surface area contributed by atoms with Crippen molar-refractivity contribution in [3.05, 3.63) is 65.2 Å². The van der Waals surface area contributed by atoms with Crippen LogP contribution in [0.15, 0.2) is 48.5 Å². The highest BCUT2D eigenvalue weighted by Crippen LogP contribution is 2.16. The number of carbonyl (C=O) groups excluding carboxylic acids is 2. The third kappa shape index (κ3) is 4.37. The smallest absolute Gasteiger partial charge is 0.339 e. The van der Waals surface area contributed by atoms with Crippen molar-refractivity contribution in [2.75, 3.05) is 12.4 Å². The third-order valence-electron chi connectivity index (χ3n) is 3.09. The maximum absolute atomic E-state index is 12.1. The molecule has 0 saturated carbocycles. The Balaban J connectivity index is 2.08. The van der Waals surface area contributed by atoms with Gasteiger partial charge in [0, 0.05) is 5.56 Å². The minimum absolute atomic E-state index is 0.104. The van der Waals surface area contributed by atoms with Crippen molar-refractivity contribution >= 4 is 34.9 Å². The summed E-state index contributed by atoms with van der Waals surface area (Å²) in [6.07, 6.45) is 0. The van der Waals surface area contributed by atoms with E-state index in [2.05, 4.69) is 10.6 Å². The molecule has 0 aliphatic heterocycles. The Morgan fingerprint density at radius 1 is 1.09 bits per heavy atom. The lowest BCUT2D eigenvalue weighted by Gasteiger charge is -2.12. The summed E-state index contributed by atoms with van der Waals surface area (Å²) in [5, 5.41) is 5.53. The SMILES string of the molecule is COC(=O)c1ccccc1NC(=S)NC(=O)c1cccc(C)c1. The number of ether oxygens (including phenoxy) is 1. The Morgan fingerprint density at radius 2 is 1.83 bits per heavy atom. The Hall–Kier alpha value is -2.73. The lowest BCUT2D eigenvalue weighted by molar-refractivity contribution is 0.0602. The normalized spacial score (nSPS) is 9.83. The summed E-state index contributed by atoms with van der Waals surface area (Å²) in [5.41, 5.74) is 2.29. The number of nitrogens with one attached hydrogen (secondary N) is 2. The Morgan fingerprint density at radius 3 is 2.52 bits per heavy atom. The predicted molar refractivity (Wildman–Crippen MR) is 92.6 cm³/mol. The van der Waals surface area contributed by atoms with E-state index in [1.807, 2.05) is 13.0 Å². The van der Waals surface area contributed by atoms with E-state index >= 15 is 0 Å². The van der Waals surface area contributed by atoms with Crippen LogP contribution >= 0.6 is 12.2 Å². The number of esters is 1.